The third-order valence-electron chi connectivity index (χ3n) is 6.92. The van der Waals surface area contributed by atoms with Crippen molar-refractivity contribution in [3.05, 3.63) is 78.4 Å². The van der Waals surface area contributed by atoms with Gasteiger partial charge in [0, 0.05) is 37.4 Å². The van der Waals surface area contributed by atoms with Crippen LogP contribution in [0.15, 0.2) is 72.8 Å². The molecular formula is C27H29N5O2. The molecule has 0 bridgehead atoms. The maximum Gasteiger partial charge on any atom is 0.321 e. The normalized spacial score (nSPS) is 16.5. The predicted molar refractivity (Wildman–Crippen MR) is 136 cm³/mol. The number of piperidine rings is 1. The van der Waals surface area contributed by atoms with Crippen LogP contribution >= 0.6 is 0 Å². The number of nitrogens with two attached hydrogens (primary N) is 1. The van der Waals surface area contributed by atoms with E-state index in [-0.39, 0.29) is 11.9 Å². The van der Waals surface area contributed by atoms with E-state index in [4.69, 9.17) is 5.73 Å². The number of carbonyl (C=O) groups is 2. The van der Waals surface area contributed by atoms with Gasteiger partial charge in [0.2, 0.25) is 0 Å². The van der Waals surface area contributed by atoms with Crippen LogP contribution in [0.1, 0.15) is 23.2 Å². The van der Waals surface area contributed by atoms with Crippen molar-refractivity contribution in [3.63, 3.8) is 0 Å². The molecule has 0 saturated carbocycles. The lowest BCUT2D eigenvalue weighted by Gasteiger charge is -2.48. The van der Waals surface area contributed by atoms with Gasteiger partial charge in [-0.25, -0.2) is 4.79 Å². The van der Waals surface area contributed by atoms with Crippen molar-refractivity contribution >= 4 is 29.0 Å². The van der Waals surface area contributed by atoms with Gasteiger partial charge in [-0.1, -0.05) is 36.4 Å². The molecule has 0 unspecified atom stereocenters. The second-order valence-electron chi connectivity index (χ2n) is 9.22. The number of rotatable bonds is 4. The van der Waals surface area contributed by atoms with Gasteiger partial charge in [-0.2, -0.15) is 0 Å². The van der Waals surface area contributed by atoms with Gasteiger partial charge in [0.1, 0.15) is 0 Å². The number of benzene rings is 3. The van der Waals surface area contributed by atoms with E-state index in [0.29, 0.717) is 28.0 Å². The van der Waals surface area contributed by atoms with Crippen molar-refractivity contribution in [2.45, 2.75) is 12.8 Å². The third-order valence-corrected chi connectivity index (χ3v) is 6.92. The maximum absolute atomic E-state index is 12.8. The molecule has 0 aliphatic carbocycles. The third kappa shape index (κ3) is 4.61. The molecule has 7 heteroatoms. The molecule has 7 nitrogen and oxygen atoms in total. The number of nitrogen functional groups attached to an aromatic ring is 1. The topological polar surface area (TPSA) is 99.5 Å². The molecule has 3 aromatic rings. The number of carbonyl (C=O) groups excluding carboxylic acids is 2. The molecule has 0 radical (unpaired) electrons. The Morgan fingerprint density at radius 3 is 2.21 bits per heavy atom. The second kappa shape index (κ2) is 9.19. The minimum absolute atomic E-state index is 0.0927. The summed E-state index contributed by atoms with van der Waals surface area (Å²) in [5.74, 6) is -0.259. The Bertz CT molecular complexity index is 1180. The fraction of sp³-hybridized carbons (Fsp3) is 0.259. The molecule has 3 amide bonds. The number of likely N-dealkylation sites (tertiary alicyclic amines) is 1. The Labute approximate surface area is 199 Å². The molecule has 5 rings (SSSR count). The molecule has 2 saturated heterocycles. The van der Waals surface area contributed by atoms with Gasteiger partial charge in [0.25, 0.3) is 5.91 Å². The van der Waals surface area contributed by atoms with Crippen molar-refractivity contribution < 1.29 is 9.59 Å². The Kier molecular flexibility index (Phi) is 5.94. The van der Waals surface area contributed by atoms with Gasteiger partial charge >= 0.3 is 6.03 Å². The number of nitrogens with zero attached hydrogens (tertiary/aromatic N) is 1. The molecule has 2 aliphatic rings. The first kappa shape index (κ1) is 22.0. The number of hydrogen-bond acceptors (Lipinski definition) is 4. The lowest BCUT2D eigenvalue weighted by atomic mass is 9.73. The molecule has 3 aromatic carbocycles. The summed E-state index contributed by atoms with van der Waals surface area (Å²) in [7, 11) is 0. The molecule has 0 atom stereocenters. The summed E-state index contributed by atoms with van der Waals surface area (Å²) in [6, 6.07) is 22.3. The fourth-order valence-corrected chi connectivity index (χ4v) is 4.59. The Balaban J connectivity index is 1.20. The number of anilines is 3. The van der Waals surface area contributed by atoms with E-state index in [1.807, 2.05) is 47.4 Å². The van der Waals surface area contributed by atoms with Crippen molar-refractivity contribution in [1.29, 1.82) is 0 Å². The van der Waals surface area contributed by atoms with Crippen LogP contribution in [0.4, 0.5) is 21.9 Å². The van der Waals surface area contributed by atoms with E-state index >= 15 is 0 Å². The van der Waals surface area contributed by atoms with Gasteiger partial charge in [-0.3, -0.25) is 4.79 Å². The molecular weight excluding hydrogens is 426 g/mol. The quantitative estimate of drug-likeness (QED) is 0.438. The largest absolute Gasteiger partial charge is 0.397 e. The zero-order valence-electron chi connectivity index (χ0n) is 19.0. The van der Waals surface area contributed by atoms with Crippen LogP contribution < -0.4 is 21.7 Å². The monoisotopic (exact) mass is 455 g/mol. The maximum atomic E-state index is 12.8. The van der Waals surface area contributed by atoms with E-state index in [1.54, 1.807) is 30.3 Å². The van der Waals surface area contributed by atoms with Crippen molar-refractivity contribution in [1.82, 2.24) is 10.2 Å². The number of nitrogens with one attached hydrogen (secondary N) is 3. The summed E-state index contributed by atoms with van der Waals surface area (Å²) in [6.07, 6.45) is 2.09. The van der Waals surface area contributed by atoms with E-state index in [0.717, 1.165) is 50.1 Å². The van der Waals surface area contributed by atoms with Gasteiger partial charge in [-0.05, 0) is 65.8 Å². The van der Waals surface area contributed by atoms with Gasteiger partial charge in [-0.15, -0.1) is 0 Å². The lowest BCUT2D eigenvalue weighted by Crippen LogP contribution is -2.59. The molecule has 2 aliphatic heterocycles. The van der Waals surface area contributed by atoms with Crippen LogP contribution in [-0.4, -0.2) is 43.0 Å². The number of hydrogen-bond donors (Lipinski definition) is 4. The van der Waals surface area contributed by atoms with Gasteiger partial charge in [0.15, 0.2) is 0 Å². The van der Waals surface area contributed by atoms with Gasteiger partial charge in [0.05, 0.1) is 11.4 Å². The summed E-state index contributed by atoms with van der Waals surface area (Å²) in [6.45, 7) is 3.68. The van der Waals surface area contributed by atoms with E-state index < -0.39 is 0 Å². The highest BCUT2D eigenvalue weighted by atomic mass is 16.2. The highest BCUT2D eigenvalue weighted by Gasteiger charge is 2.40. The zero-order chi connectivity index (χ0) is 23.5. The van der Waals surface area contributed by atoms with Crippen LogP contribution in [0.2, 0.25) is 0 Å². The fourth-order valence-electron chi connectivity index (χ4n) is 4.59. The Morgan fingerprint density at radius 2 is 1.56 bits per heavy atom. The minimum atomic E-state index is -0.259. The average Bonchev–Trinajstić information content (AvgIpc) is 2.85. The first-order chi connectivity index (χ1) is 16.5. The molecule has 1 spiro atoms. The molecule has 34 heavy (non-hydrogen) atoms. The molecule has 0 aromatic heterocycles. The zero-order valence-corrected chi connectivity index (χ0v) is 19.0. The summed E-state index contributed by atoms with van der Waals surface area (Å²) in [5, 5.41) is 9.19. The molecule has 2 heterocycles. The SMILES string of the molecule is Nc1ccc(-c2ccccc2)cc1NC(=O)c1ccc(NC(=O)N2CCC3(CC2)CNC3)cc1. The van der Waals surface area contributed by atoms with Crippen molar-refractivity contribution in [2.24, 2.45) is 5.41 Å². The molecule has 174 valence electrons. The van der Waals surface area contributed by atoms with Crippen LogP contribution in [0.25, 0.3) is 11.1 Å². The van der Waals surface area contributed by atoms with Crippen LogP contribution in [0.5, 0.6) is 0 Å². The number of amides is 3. The number of urea groups is 1. The average molecular weight is 456 g/mol. The summed E-state index contributed by atoms with van der Waals surface area (Å²) >= 11 is 0. The molecule has 5 N–H and O–H groups in total. The predicted octanol–water partition coefficient (Wildman–Crippen LogP) is 4.41. The van der Waals surface area contributed by atoms with E-state index in [1.165, 1.54) is 0 Å². The first-order valence-corrected chi connectivity index (χ1v) is 11.6. The molecule has 2 fully saturated rings. The van der Waals surface area contributed by atoms with Crippen molar-refractivity contribution in [3.8, 4) is 11.1 Å². The van der Waals surface area contributed by atoms with Crippen molar-refractivity contribution in [2.75, 3.05) is 42.5 Å². The van der Waals surface area contributed by atoms with Crippen LogP contribution in [0, 0.1) is 5.41 Å². The smallest absolute Gasteiger partial charge is 0.321 e. The summed E-state index contributed by atoms with van der Waals surface area (Å²) in [4.78, 5) is 27.3. The minimum Gasteiger partial charge on any atom is -0.397 e. The van der Waals surface area contributed by atoms with E-state index in [9.17, 15) is 9.59 Å². The second-order valence-corrected chi connectivity index (χ2v) is 9.22. The lowest BCUT2D eigenvalue weighted by molar-refractivity contribution is 0.0719. The first-order valence-electron chi connectivity index (χ1n) is 11.6. The van der Waals surface area contributed by atoms with Gasteiger partial charge < -0.3 is 26.6 Å². The standard InChI is InChI=1S/C27H29N5O2/c28-23-11-8-21(19-4-2-1-3-5-19)16-24(23)31-25(33)20-6-9-22(10-7-20)30-26(34)32-14-12-27(13-15-32)17-29-18-27/h1-11,16,29H,12-15,17-18,28H2,(H,30,34)(H,31,33). The highest BCUT2D eigenvalue weighted by Crippen LogP contribution is 2.35. The van der Waals surface area contributed by atoms with Crippen LogP contribution in [0.3, 0.4) is 0 Å². The van der Waals surface area contributed by atoms with E-state index in [2.05, 4.69) is 16.0 Å². The Hall–Kier alpha value is -3.84. The summed E-state index contributed by atoms with van der Waals surface area (Å²) in [5.41, 5.74) is 10.7. The Morgan fingerprint density at radius 1 is 0.853 bits per heavy atom. The highest BCUT2D eigenvalue weighted by molar-refractivity contribution is 6.06. The van der Waals surface area contributed by atoms with Crippen LogP contribution in [-0.2, 0) is 0 Å². The summed E-state index contributed by atoms with van der Waals surface area (Å²) < 4.78 is 0.